The summed E-state index contributed by atoms with van der Waals surface area (Å²) >= 11 is 0. The van der Waals surface area contributed by atoms with Gasteiger partial charge in [0.15, 0.2) is 6.10 Å². The van der Waals surface area contributed by atoms with E-state index in [9.17, 15) is 14.9 Å². The average Bonchev–Trinajstić information content (AvgIpc) is 2.51. The van der Waals surface area contributed by atoms with E-state index in [1.54, 1.807) is 26.0 Å². The standard InChI is InChI=1S/C17H18N2O4/c1-11-4-7-15(8-5-11)23-13(3)17(20)18-16-9-6-14(19(21)22)10-12(16)2/h4-10,13H,1-3H3,(H,18,20)/t13-/m1/s1. The predicted molar refractivity (Wildman–Crippen MR) is 87.7 cm³/mol. The fourth-order valence-corrected chi connectivity index (χ4v) is 2.01. The molecule has 0 aromatic heterocycles. The molecule has 23 heavy (non-hydrogen) atoms. The van der Waals surface area contributed by atoms with Crippen LogP contribution in [0.25, 0.3) is 0 Å². The highest BCUT2D eigenvalue weighted by atomic mass is 16.6. The van der Waals surface area contributed by atoms with Crippen molar-refractivity contribution in [3.63, 3.8) is 0 Å². The topological polar surface area (TPSA) is 81.5 Å². The lowest BCUT2D eigenvalue weighted by molar-refractivity contribution is -0.384. The Hall–Kier alpha value is -2.89. The van der Waals surface area contributed by atoms with E-state index in [-0.39, 0.29) is 11.6 Å². The SMILES string of the molecule is Cc1ccc(O[C@H](C)C(=O)Nc2ccc([N+](=O)[O-])cc2C)cc1. The third-order valence-corrected chi connectivity index (χ3v) is 3.38. The van der Waals surface area contributed by atoms with E-state index in [1.165, 1.54) is 18.2 Å². The van der Waals surface area contributed by atoms with Gasteiger partial charge in [0, 0.05) is 17.8 Å². The number of amides is 1. The van der Waals surface area contributed by atoms with E-state index >= 15 is 0 Å². The van der Waals surface area contributed by atoms with Crippen molar-refractivity contribution in [3.05, 3.63) is 63.7 Å². The van der Waals surface area contributed by atoms with Gasteiger partial charge in [-0.1, -0.05) is 17.7 Å². The van der Waals surface area contributed by atoms with E-state index in [2.05, 4.69) is 5.32 Å². The second-order valence-electron chi connectivity index (χ2n) is 5.32. The molecule has 0 aliphatic heterocycles. The van der Waals surface area contributed by atoms with Gasteiger partial charge in [0.05, 0.1) is 4.92 Å². The lowest BCUT2D eigenvalue weighted by atomic mass is 10.1. The number of carbonyl (C=O) groups excluding carboxylic acids is 1. The molecule has 0 aliphatic carbocycles. The number of hydrogen-bond acceptors (Lipinski definition) is 4. The van der Waals surface area contributed by atoms with Crippen LogP contribution in [0.5, 0.6) is 5.75 Å². The van der Waals surface area contributed by atoms with Crippen LogP contribution in [0.1, 0.15) is 18.1 Å². The Morgan fingerprint density at radius 1 is 1.17 bits per heavy atom. The summed E-state index contributed by atoms with van der Waals surface area (Å²) in [6.07, 6.45) is -0.688. The average molecular weight is 314 g/mol. The first-order valence-corrected chi connectivity index (χ1v) is 7.16. The van der Waals surface area contributed by atoms with Crippen molar-refractivity contribution in [2.75, 3.05) is 5.32 Å². The number of ether oxygens (including phenoxy) is 1. The van der Waals surface area contributed by atoms with Gasteiger partial charge in [-0.3, -0.25) is 14.9 Å². The molecule has 1 amide bonds. The number of hydrogen-bond donors (Lipinski definition) is 1. The molecule has 0 saturated heterocycles. The molecule has 1 N–H and O–H groups in total. The number of nitrogens with zero attached hydrogens (tertiary/aromatic N) is 1. The lowest BCUT2D eigenvalue weighted by Gasteiger charge is -2.15. The largest absolute Gasteiger partial charge is 0.481 e. The van der Waals surface area contributed by atoms with E-state index in [0.717, 1.165) is 5.56 Å². The van der Waals surface area contributed by atoms with Crippen LogP contribution in [-0.4, -0.2) is 16.9 Å². The molecule has 0 unspecified atom stereocenters. The maximum atomic E-state index is 12.2. The first kappa shape index (κ1) is 16.5. The van der Waals surface area contributed by atoms with Crippen LogP contribution in [0.4, 0.5) is 11.4 Å². The molecule has 0 heterocycles. The van der Waals surface area contributed by atoms with Crippen LogP contribution in [0.2, 0.25) is 0 Å². The molecular weight excluding hydrogens is 296 g/mol. The molecule has 0 aliphatic rings. The number of rotatable bonds is 5. The number of benzene rings is 2. The van der Waals surface area contributed by atoms with Gasteiger partial charge in [-0.15, -0.1) is 0 Å². The van der Waals surface area contributed by atoms with Gasteiger partial charge < -0.3 is 10.1 Å². The first-order chi connectivity index (χ1) is 10.9. The van der Waals surface area contributed by atoms with Gasteiger partial charge in [-0.05, 0) is 44.5 Å². The molecule has 0 saturated carbocycles. The Balaban J connectivity index is 2.03. The molecule has 0 fully saturated rings. The second kappa shape index (κ2) is 6.91. The summed E-state index contributed by atoms with van der Waals surface area (Å²) in [6.45, 7) is 5.32. The fraction of sp³-hybridized carbons (Fsp3) is 0.235. The summed E-state index contributed by atoms with van der Waals surface area (Å²) < 4.78 is 5.58. The van der Waals surface area contributed by atoms with Crippen molar-refractivity contribution in [2.45, 2.75) is 26.9 Å². The van der Waals surface area contributed by atoms with Crippen LogP contribution in [-0.2, 0) is 4.79 Å². The summed E-state index contributed by atoms with van der Waals surface area (Å²) in [5.74, 6) is 0.293. The molecule has 6 nitrogen and oxygen atoms in total. The molecule has 0 bridgehead atoms. The maximum absolute atomic E-state index is 12.2. The summed E-state index contributed by atoms with van der Waals surface area (Å²) in [6, 6.07) is 11.7. The van der Waals surface area contributed by atoms with E-state index < -0.39 is 11.0 Å². The minimum atomic E-state index is -0.688. The molecular formula is C17H18N2O4. The van der Waals surface area contributed by atoms with Crippen molar-refractivity contribution in [2.24, 2.45) is 0 Å². The number of anilines is 1. The van der Waals surface area contributed by atoms with Gasteiger partial charge in [-0.25, -0.2) is 0 Å². The third-order valence-electron chi connectivity index (χ3n) is 3.38. The fourth-order valence-electron chi connectivity index (χ4n) is 2.01. The zero-order valence-electron chi connectivity index (χ0n) is 13.2. The molecule has 120 valence electrons. The predicted octanol–water partition coefficient (Wildman–Crippen LogP) is 3.62. The summed E-state index contributed by atoms with van der Waals surface area (Å²) in [5.41, 5.74) is 2.25. The minimum Gasteiger partial charge on any atom is -0.481 e. The number of nitrogens with one attached hydrogen (secondary N) is 1. The quantitative estimate of drug-likeness (QED) is 0.675. The smallest absolute Gasteiger partial charge is 0.269 e. The van der Waals surface area contributed by atoms with Crippen molar-refractivity contribution in [3.8, 4) is 5.75 Å². The highest BCUT2D eigenvalue weighted by molar-refractivity contribution is 5.94. The summed E-state index contributed by atoms with van der Waals surface area (Å²) in [7, 11) is 0. The van der Waals surface area contributed by atoms with E-state index in [4.69, 9.17) is 4.74 Å². The van der Waals surface area contributed by atoms with Crippen LogP contribution >= 0.6 is 0 Å². The Morgan fingerprint density at radius 2 is 1.83 bits per heavy atom. The van der Waals surface area contributed by atoms with Crippen LogP contribution in [0.15, 0.2) is 42.5 Å². The third kappa shape index (κ3) is 4.29. The molecule has 0 spiro atoms. The monoisotopic (exact) mass is 314 g/mol. The number of aryl methyl sites for hydroxylation is 2. The molecule has 1 atom stereocenters. The van der Waals surface area contributed by atoms with Gasteiger partial charge in [0.25, 0.3) is 11.6 Å². The Morgan fingerprint density at radius 3 is 2.39 bits per heavy atom. The van der Waals surface area contributed by atoms with Crippen molar-refractivity contribution in [1.82, 2.24) is 0 Å². The van der Waals surface area contributed by atoms with Gasteiger partial charge in [-0.2, -0.15) is 0 Å². The Bertz CT molecular complexity index is 726. The summed E-state index contributed by atoms with van der Waals surface area (Å²) in [5, 5.41) is 13.4. The van der Waals surface area contributed by atoms with E-state index in [0.29, 0.717) is 17.0 Å². The van der Waals surface area contributed by atoms with Gasteiger partial charge >= 0.3 is 0 Å². The second-order valence-corrected chi connectivity index (χ2v) is 5.32. The molecule has 0 radical (unpaired) electrons. The highest BCUT2D eigenvalue weighted by Crippen LogP contribution is 2.21. The zero-order chi connectivity index (χ0) is 17.0. The van der Waals surface area contributed by atoms with Crippen molar-refractivity contribution >= 4 is 17.3 Å². The number of non-ortho nitro benzene ring substituents is 1. The number of nitro benzene ring substituents is 1. The zero-order valence-corrected chi connectivity index (χ0v) is 13.2. The maximum Gasteiger partial charge on any atom is 0.269 e. The van der Waals surface area contributed by atoms with Gasteiger partial charge in [0.1, 0.15) is 5.75 Å². The summed E-state index contributed by atoms with van der Waals surface area (Å²) in [4.78, 5) is 22.4. The lowest BCUT2D eigenvalue weighted by Crippen LogP contribution is -2.30. The normalized spacial score (nSPS) is 11.6. The molecule has 2 aromatic rings. The number of carbonyl (C=O) groups is 1. The Kier molecular flexibility index (Phi) is 4.95. The number of nitro groups is 1. The highest BCUT2D eigenvalue weighted by Gasteiger charge is 2.17. The Labute approximate surface area is 134 Å². The van der Waals surface area contributed by atoms with Crippen molar-refractivity contribution < 1.29 is 14.5 Å². The van der Waals surface area contributed by atoms with Gasteiger partial charge in [0.2, 0.25) is 0 Å². The van der Waals surface area contributed by atoms with Crippen molar-refractivity contribution in [1.29, 1.82) is 0 Å². The first-order valence-electron chi connectivity index (χ1n) is 7.16. The van der Waals surface area contributed by atoms with Crippen LogP contribution in [0, 0.1) is 24.0 Å². The van der Waals surface area contributed by atoms with Crippen LogP contribution in [0.3, 0.4) is 0 Å². The van der Waals surface area contributed by atoms with Crippen LogP contribution < -0.4 is 10.1 Å². The van der Waals surface area contributed by atoms with E-state index in [1.807, 2.05) is 19.1 Å². The molecule has 2 aromatic carbocycles. The molecule has 2 rings (SSSR count). The minimum absolute atomic E-state index is 0.00977. The molecule has 6 heteroatoms.